The Balaban J connectivity index is 1.30. The summed E-state index contributed by atoms with van der Waals surface area (Å²) in [6.07, 6.45) is 7.57. The number of methoxy groups -OCH3 is 2. The highest BCUT2D eigenvalue weighted by atomic mass is 35.5. The molecule has 0 spiro atoms. The van der Waals surface area contributed by atoms with Crippen LogP contribution in [0.2, 0.25) is 5.02 Å². The average molecular weight is 590 g/mol. The number of benzene rings is 1. The quantitative estimate of drug-likeness (QED) is 0.318. The zero-order chi connectivity index (χ0) is 29.7. The van der Waals surface area contributed by atoms with Crippen LogP contribution in [0.3, 0.4) is 0 Å². The number of hydrogen-bond acceptors (Lipinski definition) is 8. The van der Waals surface area contributed by atoms with Gasteiger partial charge in [0.25, 0.3) is 5.91 Å². The molecule has 0 radical (unpaired) electrons. The Morgan fingerprint density at radius 3 is 2.51 bits per heavy atom. The van der Waals surface area contributed by atoms with Crippen molar-refractivity contribution >= 4 is 35.1 Å². The number of halogens is 1. The zero-order valence-electron chi connectivity index (χ0n) is 23.8. The summed E-state index contributed by atoms with van der Waals surface area (Å²) in [4.78, 5) is 42.4. The van der Waals surface area contributed by atoms with E-state index in [-0.39, 0.29) is 47.0 Å². The average Bonchev–Trinajstić information content (AvgIpc) is 2.95. The number of nitrogen functional groups attached to an aromatic ring is 1. The molecule has 2 fully saturated rings. The number of carboxylic acids is 1. The molecule has 224 valence electrons. The highest BCUT2D eigenvalue weighted by Gasteiger charge is 2.45. The Bertz CT molecular complexity index is 1210. The Kier molecular flexibility index (Phi) is 9.96. The maximum absolute atomic E-state index is 13.0. The third-order valence-electron chi connectivity index (χ3n) is 8.54. The number of carbonyl (C=O) groups is 3. The van der Waals surface area contributed by atoms with E-state index in [2.05, 4.69) is 22.6 Å². The van der Waals surface area contributed by atoms with Gasteiger partial charge in [-0.05, 0) is 63.9 Å². The second-order valence-electron chi connectivity index (χ2n) is 11.1. The molecule has 1 aromatic carbocycles. The summed E-state index contributed by atoms with van der Waals surface area (Å²) in [6, 6.07) is 2.72. The van der Waals surface area contributed by atoms with Crippen molar-refractivity contribution in [3.63, 3.8) is 0 Å². The molecule has 2 amide bonds. The van der Waals surface area contributed by atoms with Gasteiger partial charge in [-0.25, -0.2) is 0 Å². The first-order valence-corrected chi connectivity index (χ1v) is 14.2. The number of likely N-dealkylation sites (tertiary alicyclic amines) is 2. The summed E-state index contributed by atoms with van der Waals surface area (Å²) in [5, 5.41) is 16.3. The lowest BCUT2D eigenvalue weighted by atomic mass is 9.67. The molecule has 3 atom stereocenters. The van der Waals surface area contributed by atoms with E-state index in [0.29, 0.717) is 43.1 Å². The molecule has 2 aliphatic heterocycles. The summed E-state index contributed by atoms with van der Waals surface area (Å²) in [6.45, 7) is 2.93. The topological polar surface area (TPSA) is 146 Å². The minimum atomic E-state index is -0.935. The molecule has 2 heterocycles. The van der Waals surface area contributed by atoms with Gasteiger partial charge in [0.2, 0.25) is 5.91 Å². The van der Waals surface area contributed by atoms with Crippen LogP contribution in [0.5, 0.6) is 5.75 Å². The highest BCUT2D eigenvalue weighted by molar-refractivity contribution is 6.33. The number of nitrogens with zero attached hydrogens (tertiary/aromatic N) is 2. The van der Waals surface area contributed by atoms with Gasteiger partial charge in [-0.3, -0.25) is 19.3 Å². The van der Waals surface area contributed by atoms with Gasteiger partial charge >= 0.3 is 5.97 Å². The number of carboxylic acid groups (broad SMARTS) is 1. The zero-order valence-corrected chi connectivity index (χ0v) is 24.6. The molecule has 12 heteroatoms. The molecule has 0 bridgehead atoms. The number of amides is 2. The van der Waals surface area contributed by atoms with Crippen molar-refractivity contribution in [1.29, 1.82) is 0 Å². The Morgan fingerprint density at radius 1 is 1.17 bits per heavy atom. The normalized spacial score (nSPS) is 25.8. The van der Waals surface area contributed by atoms with Crippen LogP contribution >= 0.6 is 11.6 Å². The fourth-order valence-corrected chi connectivity index (χ4v) is 6.16. The van der Waals surface area contributed by atoms with Gasteiger partial charge in [-0.2, -0.15) is 0 Å². The highest BCUT2D eigenvalue weighted by Crippen LogP contribution is 2.42. The van der Waals surface area contributed by atoms with E-state index in [1.165, 1.54) is 19.2 Å². The van der Waals surface area contributed by atoms with E-state index in [1.807, 2.05) is 11.0 Å². The van der Waals surface area contributed by atoms with E-state index >= 15 is 0 Å². The molecule has 11 nitrogen and oxygen atoms in total. The number of nitrogens with one attached hydrogen (secondary N) is 2. The van der Waals surface area contributed by atoms with E-state index in [1.54, 1.807) is 19.3 Å². The smallest absolute Gasteiger partial charge is 0.314 e. The fourth-order valence-electron chi connectivity index (χ4n) is 6.00. The standard InChI is InChI=1S/C29H40ClN5O6/c1-34-11-6-18(7-12-34)29(28(38)39)9-4-19(5-10-29)32-26(36)17-35-13-8-23(25(16-35)41-3)33-27(37)20-14-21(30)22(31)15-24(20)40-2/h4-5,9,14-15,18,23,25H,6-8,10-13,16-17,31H2,1-3H3,(H,32,36)(H,33,37)(H,38,39)/t23-,25+,29?/m1/s1. The summed E-state index contributed by atoms with van der Waals surface area (Å²) in [5.74, 6) is -0.974. The molecule has 3 aliphatic rings. The first kappa shape index (κ1) is 30.8. The number of hydrogen-bond donors (Lipinski definition) is 4. The van der Waals surface area contributed by atoms with Crippen LogP contribution in [0.25, 0.3) is 0 Å². The number of rotatable bonds is 9. The lowest BCUT2D eigenvalue weighted by Crippen LogP contribution is -2.56. The van der Waals surface area contributed by atoms with Crippen LogP contribution in [0.15, 0.2) is 36.1 Å². The minimum absolute atomic E-state index is 0.0619. The van der Waals surface area contributed by atoms with Crippen molar-refractivity contribution in [1.82, 2.24) is 20.4 Å². The molecule has 1 aromatic rings. The molecular formula is C29H40ClN5O6. The number of ether oxygens (including phenoxy) is 2. The molecule has 5 N–H and O–H groups in total. The number of piperidine rings is 2. The van der Waals surface area contributed by atoms with Crippen LogP contribution in [0.4, 0.5) is 5.69 Å². The summed E-state index contributed by atoms with van der Waals surface area (Å²) >= 11 is 6.13. The second kappa shape index (κ2) is 13.2. The van der Waals surface area contributed by atoms with Gasteiger partial charge in [0.15, 0.2) is 0 Å². The molecule has 0 saturated carbocycles. The van der Waals surface area contributed by atoms with Gasteiger partial charge in [-0.1, -0.05) is 23.8 Å². The number of nitrogens with two attached hydrogens (primary N) is 1. The predicted octanol–water partition coefficient (Wildman–Crippen LogP) is 2.12. The number of anilines is 1. The molecule has 1 unspecified atom stereocenters. The van der Waals surface area contributed by atoms with Gasteiger partial charge in [0.1, 0.15) is 5.75 Å². The van der Waals surface area contributed by atoms with Crippen molar-refractivity contribution < 1.29 is 29.0 Å². The van der Waals surface area contributed by atoms with Crippen LogP contribution in [0, 0.1) is 11.3 Å². The Morgan fingerprint density at radius 2 is 1.90 bits per heavy atom. The van der Waals surface area contributed by atoms with E-state index in [9.17, 15) is 19.5 Å². The Labute approximate surface area is 245 Å². The number of allylic oxidation sites excluding steroid dienone is 2. The van der Waals surface area contributed by atoms with Crippen molar-refractivity contribution in [2.24, 2.45) is 11.3 Å². The van der Waals surface area contributed by atoms with Gasteiger partial charge in [0, 0.05) is 32.0 Å². The largest absolute Gasteiger partial charge is 0.496 e. The molecule has 2 saturated heterocycles. The number of carbonyl (C=O) groups excluding carboxylic acids is 2. The van der Waals surface area contributed by atoms with Crippen molar-refractivity contribution in [3.05, 3.63) is 46.6 Å². The molecule has 1 aliphatic carbocycles. The summed E-state index contributed by atoms with van der Waals surface area (Å²) in [5.41, 5.74) is 6.11. The van der Waals surface area contributed by atoms with Crippen LogP contribution in [0.1, 0.15) is 36.0 Å². The second-order valence-corrected chi connectivity index (χ2v) is 11.5. The Hall–Kier alpha value is -3.12. The number of aliphatic carboxylic acids is 1. The van der Waals surface area contributed by atoms with Crippen LogP contribution in [-0.2, 0) is 14.3 Å². The third-order valence-corrected chi connectivity index (χ3v) is 8.87. The minimum Gasteiger partial charge on any atom is -0.496 e. The maximum atomic E-state index is 13.0. The van der Waals surface area contributed by atoms with Crippen LogP contribution in [-0.4, -0.2) is 98.8 Å². The van der Waals surface area contributed by atoms with Gasteiger partial charge in [-0.15, -0.1) is 0 Å². The summed E-state index contributed by atoms with van der Waals surface area (Å²) < 4.78 is 11.0. The SMILES string of the molecule is COc1cc(N)c(Cl)cc1C(=O)N[C@@H]1CCN(CC(=O)NC2=CCC(C(=O)O)(C3CCN(C)CC3)C=C2)C[C@@H]1OC. The van der Waals surface area contributed by atoms with Crippen molar-refractivity contribution in [2.75, 3.05) is 59.7 Å². The molecule has 4 rings (SSSR count). The molecule has 0 aromatic heterocycles. The van der Waals surface area contributed by atoms with E-state index in [4.69, 9.17) is 26.8 Å². The summed E-state index contributed by atoms with van der Waals surface area (Å²) in [7, 11) is 5.08. The van der Waals surface area contributed by atoms with Crippen molar-refractivity contribution in [2.45, 2.75) is 37.8 Å². The predicted molar refractivity (Wildman–Crippen MR) is 156 cm³/mol. The van der Waals surface area contributed by atoms with E-state index < -0.39 is 11.4 Å². The van der Waals surface area contributed by atoms with Crippen molar-refractivity contribution in [3.8, 4) is 5.75 Å². The third kappa shape index (κ3) is 7.03. The fraction of sp³-hybridized carbons (Fsp3) is 0.552. The molecule has 41 heavy (non-hydrogen) atoms. The van der Waals surface area contributed by atoms with Gasteiger partial charge in [0.05, 0.1) is 47.5 Å². The molecular weight excluding hydrogens is 550 g/mol. The van der Waals surface area contributed by atoms with E-state index in [0.717, 1.165) is 25.9 Å². The first-order chi connectivity index (χ1) is 19.6. The van der Waals surface area contributed by atoms with Gasteiger partial charge < -0.3 is 35.8 Å². The first-order valence-electron chi connectivity index (χ1n) is 13.9. The maximum Gasteiger partial charge on any atom is 0.314 e. The monoisotopic (exact) mass is 589 g/mol. The van der Waals surface area contributed by atoms with Crippen LogP contribution < -0.4 is 21.1 Å². The lowest BCUT2D eigenvalue weighted by molar-refractivity contribution is -0.150. The lowest BCUT2D eigenvalue weighted by Gasteiger charge is -2.40.